The van der Waals surface area contributed by atoms with E-state index in [1.165, 1.54) is 4.68 Å². The van der Waals surface area contributed by atoms with Crippen LogP contribution in [0.15, 0.2) is 10.9 Å². The van der Waals surface area contributed by atoms with Crippen molar-refractivity contribution in [3.05, 3.63) is 44.6 Å². The summed E-state index contributed by atoms with van der Waals surface area (Å²) in [5, 5.41) is 14.4. The summed E-state index contributed by atoms with van der Waals surface area (Å²) in [6.07, 6.45) is 5.21. The lowest BCUT2D eigenvalue weighted by atomic mass is 9.97. The molecule has 7 heteroatoms. The molecule has 3 rings (SSSR count). The van der Waals surface area contributed by atoms with Crippen LogP contribution in [0.4, 0.5) is 0 Å². The van der Waals surface area contributed by atoms with Crippen LogP contribution in [0.3, 0.4) is 0 Å². The summed E-state index contributed by atoms with van der Waals surface area (Å²) in [4.78, 5) is 24.1. The molecule has 0 spiro atoms. The molecule has 2 N–H and O–H groups in total. The quantitative estimate of drug-likeness (QED) is 0.824. The standard InChI is InChI=1S/C18H25N5O2/c1-12-15(13(2)21-20-12)7-8-17(24)19-9-10-23-18(25)11-14-5-3-4-6-16(14)22-23/h11H,3-10H2,1-2H3,(H,19,24)(H,20,21). The maximum absolute atomic E-state index is 12.1. The first-order chi connectivity index (χ1) is 12.0. The fraction of sp³-hybridized carbons (Fsp3) is 0.556. The zero-order valence-corrected chi connectivity index (χ0v) is 14.9. The summed E-state index contributed by atoms with van der Waals surface area (Å²) in [6, 6.07) is 1.70. The van der Waals surface area contributed by atoms with Crippen molar-refractivity contribution in [2.75, 3.05) is 6.54 Å². The lowest BCUT2D eigenvalue weighted by Gasteiger charge is -2.16. The summed E-state index contributed by atoms with van der Waals surface area (Å²) in [5.41, 5.74) is 5.08. The predicted octanol–water partition coefficient (Wildman–Crippen LogP) is 1.21. The highest BCUT2D eigenvalue weighted by atomic mass is 16.1. The van der Waals surface area contributed by atoms with Crippen molar-refractivity contribution in [1.82, 2.24) is 25.3 Å². The van der Waals surface area contributed by atoms with Crippen molar-refractivity contribution >= 4 is 5.91 Å². The Kier molecular flexibility index (Phi) is 5.31. The zero-order valence-electron chi connectivity index (χ0n) is 14.9. The fourth-order valence-corrected chi connectivity index (χ4v) is 3.33. The Labute approximate surface area is 146 Å². The van der Waals surface area contributed by atoms with Gasteiger partial charge in [-0.2, -0.15) is 10.2 Å². The topological polar surface area (TPSA) is 92.7 Å². The highest BCUT2D eigenvalue weighted by Gasteiger charge is 2.13. The number of nitrogens with one attached hydrogen (secondary N) is 2. The van der Waals surface area contributed by atoms with Gasteiger partial charge in [-0.15, -0.1) is 0 Å². The number of rotatable bonds is 6. The molecule has 2 heterocycles. The van der Waals surface area contributed by atoms with Crippen molar-refractivity contribution in [2.24, 2.45) is 0 Å². The smallest absolute Gasteiger partial charge is 0.267 e. The summed E-state index contributed by atoms with van der Waals surface area (Å²) in [6.45, 7) is 4.71. The summed E-state index contributed by atoms with van der Waals surface area (Å²) < 4.78 is 1.47. The van der Waals surface area contributed by atoms with E-state index in [1.54, 1.807) is 6.07 Å². The number of aromatic amines is 1. The van der Waals surface area contributed by atoms with E-state index in [0.29, 0.717) is 25.9 Å². The van der Waals surface area contributed by atoms with Gasteiger partial charge in [0.15, 0.2) is 0 Å². The van der Waals surface area contributed by atoms with E-state index in [1.807, 2.05) is 13.8 Å². The van der Waals surface area contributed by atoms with E-state index in [0.717, 1.165) is 53.9 Å². The number of aryl methyl sites for hydroxylation is 4. The Morgan fingerprint density at radius 2 is 2.12 bits per heavy atom. The Morgan fingerprint density at radius 3 is 2.88 bits per heavy atom. The lowest BCUT2D eigenvalue weighted by molar-refractivity contribution is -0.121. The van der Waals surface area contributed by atoms with Gasteiger partial charge in [-0.05, 0) is 57.1 Å². The monoisotopic (exact) mass is 343 g/mol. The molecule has 1 aliphatic carbocycles. The second-order valence-electron chi connectivity index (χ2n) is 6.65. The Bertz CT molecular complexity index is 802. The molecule has 0 radical (unpaired) electrons. The number of H-pyrrole nitrogens is 1. The molecule has 25 heavy (non-hydrogen) atoms. The summed E-state index contributed by atoms with van der Waals surface area (Å²) >= 11 is 0. The second kappa shape index (κ2) is 7.63. The first-order valence-electron chi connectivity index (χ1n) is 8.91. The van der Waals surface area contributed by atoms with Crippen molar-refractivity contribution in [3.63, 3.8) is 0 Å². The minimum Gasteiger partial charge on any atom is -0.354 e. The van der Waals surface area contributed by atoms with Crippen LogP contribution in [0.5, 0.6) is 0 Å². The van der Waals surface area contributed by atoms with Crippen molar-refractivity contribution < 1.29 is 4.79 Å². The van der Waals surface area contributed by atoms with E-state index in [4.69, 9.17) is 0 Å². The van der Waals surface area contributed by atoms with Crippen LogP contribution in [0.2, 0.25) is 0 Å². The molecule has 0 bridgehead atoms. The highest BCUT2D eigenvalue weighted by molar-refractivity contribution is 5.76. The Hall–Kier alpha value is -2.44. The number of nitrogens with zero attached hydrogens (tertiary/aromatic N) is 3. The molecule has 1 amide bonds. The van der Waals surface area contributed by atoms with Gasteiger partial charge in [0, 0.05) is 24.7 Å². The van der Waals surface area contributed by atoms with Gasteiger partial charge in [0.25, 0.3) is 5.56 Å². The van der Waals surface area contributed by atoms with Crippen LogP contribution in [0.25, 0.3) is 0 Å². The first-order valence-corrected chi connectivity index (χ1v) is 8.91. The molecule has 2 aromatic rings. The number of amides is 1. The third kappa shape index (κ3) is 4.15. The third-order valence-corrected chi connectivity index (χ3v) is 4.80. The van der Waals surface area contributed by atoms with Gasteiger partial charge in [-0.25, -0.2) is 4.68 Å². The van der Waals surface area contributed by atoms with Crippen molar-refractivity contribution in [3.8, 4) is 0 Å². The van der Waals surface area contributed by atoms with E-state index in [-0.39, 0.29) is 11.5 Å². The zero-order chi connectivity index (χ0) is 17.8. The Balaban J connectivity index is 1.49. The largest absolute Gasteiger partial charge is 0.354 e. The second-order valence-corrected chi connectivity index (χ2v) is 6.65. The van der Waals surface area contributed by atoms with E-state index >= 15 is 0 Å². The van der Waals surface area contributed by atoms with Crippen LogP contribution < -0.4 is 10.9 Å². The van der Waals surface area contributed by atoms with Crippen LogP contribution in [0, 0.1) is 13.8 Å². The van der Waals surface area contributed by atoms with Gasteiger partial charge >= 0.3 is 0 Å². The molecule has 134 valence electrons. The fourth-order valence-electron chi connectivity index (χ4n) is 3.33. The molecule has 0 saturated heterocycles. The minimum atomic E-state index is -0.0838. The maximum Gasteiger partial charge on any atom is 0.267 e. The summed E-state index contributed by atoms with van der Waals surface area (Å²) in [7, 11) is 0. The molecule has 7 nitrogen and oxygen atoms in total. The molecular formula is C18H25N5O2. The number of carbonyl (C=O) groups is 1. The van der Waals surface area contributed by atoms with E-state index in [2.05, 4.69) is 20.6 Å². The molecule has 0 aromatic carbocycles. The molecule has 0 aliphatic heterocycles. The maximum atomic E-state index is 12.1. The average Bonchev–Trinajstić information content (AvgIpc) is 2.91. The number of carbonyl (C=O) groups excluding carboxylic acids is 1. The highest BCUT2D eigenvalue weighted by Crippen LogP contribution is 2.16. The van der Waals surface area contributed by atoms with Gasteiger partial charge in [-0.1, -0.05) is 0 Å². The van der Waals surface area contributed by atoms with Crippen LogP contribution >= 0.6 is 0 Å². The lowest BCUT2D eigenvalue weighted by Crippen LogP contribution is -2.33. The first kappa shape index (κ1) is 17.4. The average molecular weight is 343 g/mol. The third-order valence-electron chi connectivity index (χ3n) is 4.80. The number of aromatic nitrogens is 4. The molecule has 0 saturated carbocycles. The molecule has 0 fully saturated rings. The Morgan fingerprint density at radius 1 is 1.32 bits per heavy atom. The van der Waals surface area contributed by atoms with Gasteiger partial charge in [0.2, 0.25) is 5.91 Å². The van der Waals surface area contributed by atoms with Crippen molar-refractivity contribution in [1.29, 1.82) is 0 Å². The van der Waals surface area contributed by atoms with Gasteiger partial charge in [-0.3, -0.25) is 14.7 Å². The number of hydrogen-bond acceptors (Lipinski definition) is 4. The number of hydrogen-bond donors (Lipinski definition) is 2. The van der Waals surface area contributed by atoms with Crippen LogP contribution in [-0.4, -0.2) is 32.4 Å². The SMILES string of the molecule is Cc1n[nH]c(C)c1CCC(=O)NCCn1nc2c(cc1=O)CCCC2. The molecule has 0 atom stereocenters. The molecule has 2 aromatic heterocycles. The predicted molar refractivity (Wildman–Crippen MR) is 94.5 cm³/mol. The van der Waals surface area contributed by atoms with Gasteiger partial charge < -0.3 is 5.32 Å². The van der Waals surface area contributed by atoms with Crippen LogP contribution in [-0.2, 0) is 30.6 Å². The van der Waals surface area contributed by atoms with E-state index < -0.39 is 0 Å². The normalized spacial score (nSPS) is 13.5. The summed E-state index contributed by atoms with van der Waals surface area (Å²) in [5.74, 6) is -0.0222. The van der Waals surface area contributed by atoms with Gasteiger partial charge in [0.1, 0.15) is 0 Å². The van der Waals surface area contributed by atoms with Gasteiger partial charge in [0.05, 0.1) is 17.9 Å². The van der Waals surface area contributed by atoms with Crippen LogP contribution in [0.1, 0.15) is 47.5 Å². The minimum absolute atomic E-state index is 0.0222. The molecular weight excluding hydrogens is 318 g/mol. The number of fused-ring (bicyclic) bond motifs is 1. The van der Waals surface area contributed by atoms with E-state index in [9.17, 15) is 9.59 Å². The molecule has 0 unspecified atom stereocenters. The molecule has 1 aliphatic rings. The van der Waals surface area contributed by atoms with Crippen molar-refractivity contribution in [2.45, 2.75) is 58.9 Å².